The van der Waals surface area contributed by atoms with Gasteiger partial charge in [0.05, 0.1) is 11.1 Å². The normalized spacial score (nSPS) is 13.3. The molecule has 0 spiro atoms. The Balaban J connectivity index is 1.32. The van der Waals surface area contributed by atoms with Gasteiger partial charge in [-0.1, -0.05) is 72.8 Å². The van der Waals surface area contributed by atoms with Crippen molar-refractivity contribution in [3.8, 4) is 69.3 Å². The van der Waals surface area contributed by atoms with Crippen molar-refractivity contribution in [3.05, 3.63) is 120 Å². The fourth-order valence-electron chi connectivity index (χ4n) is 7.56. The highest BCUT2D eigenvalue weighted by Crippen LogP contribution is 2.49. The standard InChI is InChI=1S/C38H18B2N2O4/c41-19-21-17-31-35-37(45-29-15-7-3-11-25(29)39(35)23-9-1-5-13-27(23)43-31)33(21)34-22(20-42)18-32-36-38(34)46-30-16-8-4-12-26(30)40(36)24-10-2-6-14-28(24)44-32/h1-18H. The van der Waals surface area contributed by atoms with Crippen LogP contribution in [0.4, 0.5) is 0 Å². The fraction of sp³-hybridized carbons (Fsp3) is 0. The Kier molecular flexibility index (Phi) is 4.93. The largest absolute Gasteiger partial charge is 0.458 e. The van der Waals surface area contributed by atoms with Crippen LogP contribution in [0.1, 0.15) is 11.1 Å². The molecule has 0 fully saturated rings. The van der Waals surface area contributed by atoms with Gasteiger partial charge in [-0.05, 0) is 58.2 Å². The maximum atomic E-state index is 10.7. The molecule has 210 valence electrons. The second-order valence-electron chi connectivity index (χ2n) is 11.7. The van der Waals surface area contributed by atoms with Crippen LogP contribution >= 0.6 is 0 Å². The van der Waals surface area contributed by atoms with E-state index in [-0.39, 0.29) is 13.4 Å². The molecule has 0 amide bonds. The quantitative estimate of drug-likeness (QED) is 0.262. The molecule has 4 aliphatic rings. The van der Waals surface area contributed by atoms with E-state index in [2.05, 4.69) is 36.4 Å². The zero-order valence-corrected chi connectivity index (χ0v) is 24.1. The van der Waals surface area contributed by atoms with E-state index >= 15 is 0 Å². The molecule has 0 bridgehead atoms. The molecule has 0 atom stereocenters. The fourth-order valence-corrected chi connectivity index (χ4v) is 7.56. The zero-order valence-electron chi connectivity index (χ0n) is 24.1. The summed E-state index contributed by atoms with van der Waals surface area (Å²) < 4.78 is 26.4. The van der Waals surface area contributed by atoms with Crippen LogP contribution in [0.5, 0.6) is 46.0 Å². The molecule has 0 unspecified atom stereocenters. The van der Waals surface area contributed by atoms with Crippen LogP contribution in [0, 0.1) is 22.7 Å². The molecule has 6 aromatic rings. The molecular weight excluding hydrogens is 570 g/mol. The number of nitriles is 2. The minimum Gasteiger partial charge on any atom is -0.458 e. The third kappa shape index (κ3) is 3.20. The maximum absolute atomic E-state index is 10.7. The van der Waals surface area contributed by atoms with E-state index in [1.165, 1.54) is 0 Å². The van der Waals surface area contributed by atoms with Crippen molar-refractivity contribution in [3.63, 3.8) is 0 Å². The summed E-state index contributed by atoms with van der Waals surface area (Å²) in [6.07, 6.45) is 0. The second kappa shape index (κ2) is 9.08. The smallest absolute Gasteiger partial charge is 0.260 e. The number of fused-ring (bicyclic) bond motifs is 8. The number of para-hydroxylation sites is 4. The Morgan fingerprint density at radius 2 is 0.739 bits per heavy atom. The summed E-state index contributed by atoms with van der Waals surface area (Å²) >= 11 is 0. The average Bonchev–Trinajstić information content (AvgIpc) is 3.11. The van der Waals surface area contributed by atoms with Crippen LogP contribution in [0.25, 0.3) is 11.1 Å². The third-order valence-corrected chi connectivity index (χ3v) is 9.42. The van der Waals surface area contributed by atoms with Crippen molar-refractivity contribution >= 4 is 46.2 Å². The predicted octanol–water partition coefficient (Wildman–Crippen LogP) is 4.55. The van der Waals surface area contributed by atoms with Crippen LogP contribution in [0.15, 0.2) is 109 Å². The van der Waals surface area contributed by atoms with Crippen LogP contribution in [0.3, 0.4) is 0 Å². The van der Waals surface area contributed by atoms with Gasteiger partial charge in [-0.3, -0.25) is 0 Å². The van der Waals surface area contributed by atoms with Gasteiger partial charge in [0.25, 0.3) is 13.4 Å². The minimum atomic E-state index is -0.199. The van der Waals surface area contributed by atoms with Gasteiger partial charge in [-0.25, -0.2) is 0 Å². The van der Waals surface area contributed by atoms with E-state index in [1.54, 1.807) is 12.1 Å². The molecule has 0 radical (unpaired) electrons. The summed E-state index contributed by atoms with van der Waals surface area (Å²) in [5, 5.41) is 21.4. The third-order valence-electron chi connectivity index (χ3n) is 9.42. The molecular formula is C38H18B2N2O4. The number of benzene rings is 6. The van der Waals surface area contributed by atoms with Crippen LogP contribution < -0.4 is 51.7 Å². The van der Waals surface area contributed by atoms with Crippen LogP contribution in [0.2, 0.25) is 0 Å². The van der Waals surface area contributed by atoms with Gasteiger partial charge >= 0.3 is 0 Å². The lowest BCUT2D eigenvalue weighted by Gasteiger charge is -2.36. The van der Waals surface area contributed by atoms with Gasteiger partial charge in [-0.15, -0.1) is 0 Å². The Morgan fingerprint density at radius 1 is 0.413 bits per heavy atom. The van der Waals surface area contributed by atoms with Gasteiger partial charge in [-0.2, -0.15) is 10.5 Å². The number of nitrogens with zero attached hydrogens (tertiary/aromatic N) is 2. The lowest BCUT2D eigenvalue weighted by molar-refractivity contribution is 0.460. The number of ether oxygens (including phenoxy) is 4. The van der Waals surface area contributed by atoms with Crippen molar-refractivity contribution < 1.29 is 18.9 Å². The average molecular weight is 588 g/mol. The number of rotatable bonds is 1. The zero-order chi connectivity index (χ0) is 30.5. The molecule has 0 aliphatic carbocycles. The first kappa shape index (κ1) is 25.0. The molecule has 4 aliphatic heterocycles. The summed E-state index contributed by atoms with van der Waals surface area (Å²) in [5.41, 5.74) is 7.27. The highest BCUT2D eigenvalue weighted by molar-refractivity contribution is 6.99. The first-order valence-corrected chi connectivity index (χ1v) is 15.0. The van der Waals surface area contributed by atoms with Gasteiger partial charge < -0.3 is 18.9 Å². The van der Waals surface area contributed by atoms with Crippen LogP contribution in [-0.4, -0.2) is 13.4 Å². The highest BCUT2D eigenvalue weighted by atomic mass is 16.5. The van der Waals surface area contributed by atoms with Gasteiger partial charge in [0, 0.05) is 22.1 Å². The molecule has 4 heterocycles. The Bertz CT molecular complexity index is 2250. The summed E-state index contributed by atoms with van der Waals surface area (Å²) in [6.45, 7) is -0.397. The Morgan fingerprint density at radius 3 is 1.09 bits per heavy atom. The maximum Gasteiger partial charge on any atom is 0.260 e. The summed E-state index contributed by atoms with van der Waals surface area (Å²) in [4.78, 5) is 0. The van der Waals surface area contributed by atoms with E-state index in [9.17, 15) is 10.5 Å². The van der Waals surface area contributed by atoms with Crippen LogP contribution in [-0.2, 0) is 0 Å². The summed E-state index contributed by atoms with van der Waals surface area (Å²) in [5.74, 6) is 4.92. The van der Waals surface area contributed by atoms with Gasteiger partial charge in [0.1, 0.15) is 58.1 Å². The van der Waals surface area contributed by atoms with Crippen molar-refractivity contribution in [2.75, 3.05) is 0 Å². The number of hydrogen-bond donors (Lipinski definition) is 0. The van der Waals surface area contributed by atoms with E-state index in [0.717, 1.165) is 44.3 Å². The predicted molar refractivity (Wildman–Crippen MR) is 177 cm³/mol. The second-order valence-corrected chi connectivity index (χ2v) is 11.7. The highest BCUT2D eigenvalue weighted by Gasteiger charge is 2.45. The van der Waals surface area contributed by atoms with E-state index in [4.69, 9.17) is 18.9 Å². The van der Waals surface area contributed by atoms with E-state index in [0.29, 0.717) is 56.8 Å². The monoisotopic (exact) mass is 588 g/mol. The first-order chi connectivity index (χ1) is 22.7. The molecule has 0 saturated carbocycles. The van der Waals surface area contributed by atoms with E-state index in [1.807, 2.05) is 72.8 Å². The number of hydrogen-bond acceptors (Lipinski definition) is 6. The first-order valence-electron chi connectivity index (χ1n) is 15.0. The Labute approximate surface area is 264 Å². The van der Waals surface area contributed by atoms with Gasteiger partial charge in [0.15, 0.2) is 0 Å². The molecule has 0 saturated heterocycles. The minimum absolute atomic E-state index is 0.199. The lowest BCUT2D eigenvalue weighted by Crippen LogP contribution is -2.58. The van der Waals surface area contributed by atoms with Gasteiger partial charge in [0.2, 0.25) is 0 Å². The molecule has 0 aromatic heterocycles. The Hall–Kier alpha value is -6.37. The molecule has 8 heteroatoms. The summed E-state index contributed by atoms with van der Waals surface area (Å²) in [7, 11) is 0. The molecule has 6 nitrogen and oxygen atoms in total. The summed E-state index contributed by atoms with van der Waals surface area (Å²) in [6, 6.07) is 40.1. The molecule has 6 aromatic carbocycles. The van der Waals surface area contributed by atoms with Crippen molar-refractivity contribution in [1.29, 1.82) is 10.5 Å². The topological polar surface area (TPSA) is 84.5 Å². The van der Waals surface area contributed by atoms with Crippen molar-refractivity contribution in [2.45, 2.75) is 0 Å². The molecule has 0 N–H and O–H groups in total. The lowest BCUT2D eigenvalue weighted by atomic mass is 9.34. The van der Waals surface area contributed by atoms with E-state index < -0.39 is 0 Å². The molecule has 46 heavy (non-hydrogen) atoms. The van der Waals surface area contributed by atoms with Crippen molar-refractivity contribution in [1.82, 2.24) is 0 Å². The SMILES string of the molecule is N#Cc1cc2c3c(c1-c1c(C#N)cc4c5c1Oc1ccccc1B5c1ccccc1O4)Oc1ccccc1B3c1ccccc1O2. The molecule has 10 rings (SSSR count). The van der Waals surface area contributed by atoms with Crippen molar-refractivity contribution in [2.24, 2.45) is 0 Å².